The molecular formula is C13H22ClNO2. The van der Waals surface area contributed by atoms with Crippen LogP contribution in [0.5, 0.6) is 11.5 Å². The van der Waals surface area contributed by atoms with E-state index in [0.29, 0.717) is 0 Å². The van der Waals surface area contributed by atoms with Gasteiger partial charge in [-0.15, -0.1) is 12.4 Å². The van der Waals surface area contributed by atoms with E-state index >= 15 is 0 Å². The van der Waals surface area contributed by atoms with E-state index in [4.69, 9.17) is 15.2 Å². The highest BCUT2D eigenvalue weighted by Crippen LogP contribution is 2.30. The summed E-state index contributed by atoms with van der Waals surface area (Å²) in [5.74, 6) is 1.66. The average molecular weight is 260 g/mol. The lowest BCUT2D eigenvalue weighted by Crippen LogP contribution is -2.11. The standard InChI is InChI=1S/C13H21NO2.ClH/c1-4-5-6-12(14)11-9-10(15-2)7-8-13(11)16-3;/h7-9,12H,4-6,14H2,1-3H3;1H/t12-;/m1./s1. The van der Waals surface area contributed by atoms with E-state index in [9.17, 15) is 0 Å². The Labute approximate surface area is 110 Å². The van der Waals surface area contributed by atoms with Gasteiger partial charge in [-0.1, -0.05) is 19.8 Å². The first-order valence-electron chi connectivity index (χ1n) is 5.70. The van der Waals surface area contributed by atoms with Crippen molar-refractivity contribution in [2.24, 2.45) is 5.73 Å². The summed E-state index contributed by atoms with van der Waals surface area (Å²) in [6, 6.07) is 5.76. The molecule has 1 rings (SSSR count). The van der Waals surface area contributed by atoms with E-state index in [-0.39, 0.29) is 18.4 Å². The first-order chi connectivity index (χ1) is 7.72. The van der Waals surface area contributed by atoms with Gasteiger partial charge in [0.05, 0.1) is 14.2 Å². The van der Waals surface area contributed by atoms with E-state index in [1.807, 2.05) is 18.2 Å². The van der Waals surface area contributed by atoms with Gasteiger partial charge in [0.2, 0.25) is 0 Å². The van der Waals surface area contributed by atoms with Crippen LogP contribution < -0.4 is 15.2 Å². The van der Waals surface area contributed by atoms with Crippen LogP contribution in [0, 0.1) is 0 Å². The van der Waals surface area contributed by atoms with Gasteiger partial charge >= 0.3 is 0 Å². The molecule has 0 spiro atoms. The second-order valence-corrected chi connectivity index (χ2v) is 3.86. The van der Waals surface area contributed by atoms with Crippen LogP contribution in [0.1, 0.15) is 37.8 Å². The molecule has 0 radical (unpaired) electrons. The Kier molecular flexibility index (Phi) is 7.75. The Morgan fingerprint density at radius 3 is 2.47 bits per heavy atom. The number of benzene rings is 1. The quantitative estimate of drug-likeness (QED) is 0.852. The van der Waals surface area contributed by atoms with Crippen molar-refractivity contribution in [3.63, 3.8) is 0 Å². The monoisotopic (exact) mass is 259 g/mol. The Morgan fingerprint density at radius 1 is 1.24 bits per heavy atom. The lowest BCUT2D eigenvalue weighted by Gasteiger charge is -2.16. The van der Waals surface area contributed by atoms with Crippen LogP contribution in [0.4, 0.5) is 0 Å². The lowest BCUT2D eigenvalue weighted by molar-refractivity contribution is 0.393. The van der Waals surface area contributed by atoms with E-state index in [2.05, 4.69) is 6.92 Å². The van der Waals surface area contributed by atoms with Gasteiger partial charge in [0.25, 0.3) is 0 Å². The Hall–Kier alpha value is -0.930. The molecule has 0 fully saturated rings. The molecule has 0 unspecified atom stereocenters. The molecule has 0 saturated carbocycles. The molecule has 1 aromatic rings. The van der Waals surface area contributed by atoms with Crippen LogP contribution in [-0.4, -0.2) is 14.2 Å². The summed E-state index contributed by atoms with van der Waals surface area (Å²) >= 11 is 0. The summed E-state index contributed by atoms with van der Waals surface area (Å²) in [6.07, 6.45) is 3.25. The maximum Gasteiger partial charge on any atom is 0.123 e. The molecule has 2 N–H and O–H groups in total. The summed E-state index contributed by atoms with van der Waals surface area (Å²) in [5.41, 5.74) is 7.17. The van der Waals surface area contributed by atoms with Gasteiger partial charge in [-0.2, -0.15) is 0 Å². The van der Waals surface area contributed by atoms with Crippen LogP contribution in [0.2, 0.25) is 0 Å². The fourth-order valence-electron chi connectivity index (χ4n) is 1.71. The van der Waals surface area contributed by atoms with Crippen LogP contribution in [-0.2, 0) is 0 Å². The molecule has 98 valence electrons. The lowest BCUT2D eigenvalue weighted by atomic mass is 10.0. The van der Waals surface area contributed by atoms with Gasteiger partial charge < -0.3 is 15.2 Å². The predicted molar refractivity (Wildman–Crippen MR) is 73.2 cm³/mol. The third-order valence-corrected chi connectivity index (χ3v) is 2.71. The van der Waals surface area contributed by atoms with E-state index in [0.717, 1.165) is 36.3 Å². The van der Waals surface area contributed by atoms with Gasteiger partial charge in [-0.05, 0) is 24.6 Å². The summed E-state index contributed by atoms with van der Waals surface area (Å²) in [5, 5.41) is 0. The Balaban J connectivity index is 0.00000256. The Bertz CT molecular complexity index is 331. The third kappa shape index (κ3) is 4.44. The van der Waals surface area contributed by atoms with Crippen molar-refractivity contribution < 1.29 is 9.47 Å². The number of hydrogen-bond donors (Lipinski definition) is 1. The molecule has 0 amide bonds. The molecule has 0 aromatic heterocycles. The number of nitrogens with two attached hydrogens (primary N) is 1. The second kappa shape index (κ2) is 8.20. The molecule has 0 heterocycles. The van der Waals surface area contributed by atoms with Crippen molar-refractivity contribution in [2.45, 2.75) is 32.2 Å². The van der Waals surface area contributed by atoms with Gasteiger partial charge in [-0.3, -0.25) is 0 Å². The molecule has 4 heteroatoms. The molecule has 0 aliphatic rings. The average Bonchev–Trinajstić information content (AvgIpc) is 2.35. The zero-order chi connectivity index (χ0) is 12.0. The van der Waals surface area contributed by atoms with Crippen LogP contribution in [0.15, 0.2) is 18.2 Å². The molecule has 17 heavy (non-hydrogen) atoms. The highest BCUT2D eigenvalue weighted by atomic mass is 35.5. The minimum atomic E-state index is 0. The third-order valence-electron chi connectivity index (χ3n) is 2.71. The number of halogens is 1. The highest BCUT2D eigenvalue weighted by Gasteiger charge is 2.12. The fraction of sp³-hybridized carbons (Fsp3) is 0.538. The summed E-state index contributed by atoms with van der Waals surface area (Å²) in [7, 11) is 3.32. The van der Waals surface area contributed by atoms with Crippen LogP contribution in [0.25, 0.3) is 0 Å². The summed E-state index contributed by atoms with van der Waals surface area (Å²) < 4.78 is 10.5. The number of rotatable bonds is 6. The first-order valence-corrected chi connectivity index (χ1v) is 5.70. The molecule has 3 nitrogen and oxygen atoms in total. The van der Waals surface area contributed by atoms with Gasteiger partial charge in [0.1, 0.15) is 11.5 Å². The Morgan fingerprint density at radius 2 is 1.94 bits per heavy atom. The van der Waals surface area contributed by atoms with Gasteiger partial charge in [0, 0.05) is 11.6 Å². The molecule has 0 saturated heterocycles. The topological polar surface area (TPSA) is 44.5 Å². The largest absolute Gasteiger partial charge is 0.497 e. The van der Waals surface area contributed by atoms with Crippen molar-refractivity contribution >= 4 is 12.4 Å². The first kappa shape index (κ1) is 16.1. The van der Waals surface area contributed by atoms with Gasteiger partial charge in [-0.25, -0.2) is 0 Å². The molecule has 0 aliphatic heterocycles. The second-order valence-electron chi connectivity index (χ2n) is 3.86. The van der Waals surface area contributed by atoms with E-state index in [1.54, 1.807) is 14.2 Å². The minimum Gasteiger partial charge on any atom is -0.497 e. The smallest absolute Gasteiger partial charge is 0.123 e. The number of methoxy groups -OCH3 is 2. The van der Waals surface area contributed by atoms with Crippen LogP contribution >= 0.6 is 12.4 Å². The number of hydrogen-bond acceptors (Lipinski definition) is 3. The number of ether oxygens (including phenoxy) is 2. The fourth-order valence-corrected chi connectivity index (χ4v) is 1.71. The summed E-state index contributed by atoms with van der Waals surface area (Å²) in [6.45, 7) is 2.16. The van der Waals surface area contributed by atoms with E-state index in [1.165, 1.54) is 0 Å². The number of unbranched alkanes of at least 4 members (excludes halogenated alkanes) is 1. The molecule has 0 aliphatic carbocycles. The van der Waals surface area contributed by atoms with E-state index < -0.39 is 0 Å². The highest BCUT2D eigenvalue weighted by molar-refractivity contribution is 5.85. The van der Waals surface area contributed by atoms with Gasteiger partial charge in [0.15, 0.2) is 0 Å². The predicted octanol–water partition coefficient (Wildman–Crippen LogP) is 3.32. The van der Waals surface area contributed by atoms with Crippen molar-refractivity contribution in [1.82, 2.24) is 0 Å². The summed E-state index contributed by atoms with van der Waals surface area (Å²) in [4.78, 5) is 0. The molecule has 1 atom stereocenters. The van der Waals surface area contributed by atoms with Crippen molar-refractivity contribution in [3.05, 3.63) is 23.8 Å². The minimum absolute atomic E-state index is 0. The SMILES string of the molecule is CCCC[C@@H](N)c1cc(OC)ccc1OC.Cl. The van der Waals surface area contributed by atoms with Crippen molar-refractivity contribution in [3.8, 4) is 11.5 Å². The molecule has 0 bridgehead atoms. The molecule has 1 aromatic carbocycles. The maximum absolute atomic E-state index is 6.15. The van der Waals surface area contributed by atoms with Crippen LogP contribution in [0.3, 0.4) is 0 Å². The zero-order valence-corrected chi connectivity index (χ0v) is 11.5. The van der Waals surface area contributed by atoms with Crippen molar-refractivity contribution in [1.29, 1.82) is 0 Å². The molecular weight excluding hydrogens is 238 g/mol. The normalized spacial score (nSPS) is 11.5. The van der Waals surface area contributed by atoms with Crippen molar-refractivity contribution in [2.75, 3.05) is 14.2 Å². The maximum atomic E-state index is 6.15. The zero-order valence-electron chi connectivity index (χ0n) is 10.7.